The van der Waals surface area contributed by atoms with Crippen LogP contribution in [0.5, 0.6) is 0 Å². The van der Waals surface area contributed by atoms with E-state index in [1.807, 2.05) is 32.3 Å². The van der Waals surface area contributed by atoms with Crippen molar-refractivity contribution in [2.75, 3.05) is 14.1 Å². The van der Waals surface area contributed by atoms with E-state index in [4.69, 9.17) is 0 Å². The highest BCUT2D eigenvalue weighted by Crippen LogP contribution is 2.06. The van der Waals surface area contributed by atoms with Crippen molar-refractivity contribution in [3.8, 4) is 0 Å². The van der Waals surface area contributed by atoms with E-state index in [-0.39, 0.29) is 0 Å². The summed E-state index contributed by atoms with van der Waals surface area (Å²) in [6.45, 7) is 0.888. The molecular weight excluding hydrogens is 204 g/mol. The van der Waals surface area contributed by atoms with Crippen LogP contribution in [0.2, 0.25) is 0 Å². The molecule has 0 bridgehead atoms. The maximum Gasteiger partial charge on any atom is 0.106 e. The van der Waals surface area contributed by atoms with Crippen molar-refractivity contribution in [3.63, 3.8) is 0 Å². The molecule has 0 spiro atoms. The fourth-order valence-corrected chi connectivity index (χ4v) is 1.24. The van der Waals surface area contributed by atoms with Gasteiger partial charge in [0, 0.05) is 6.54 Å². The van der Waals surface area contributed by atoms with E-state index in [1.54, 1.807) is 0 Å². The van der Waals surface area contributed by atoms with E-state index in [0.717, 1.165) is 16.8 Å². The van der Waals surface area contributed by atoms with Crippen LogP contribution >= 0.6 is 15.9 Å². The Kier molecular flexibility index (Phi) is 3.02. The third-order valence-corrected chi connectivity index (χ3v) is 1.69. The average molecular weight is 215 g/mol. The first-order valence-electron chi connectivity index (χ1n) is 3.44. The predicted molar refractivity (Wildman–Crippen MR) is 49.3 cm³/mol. The van der Waals surface area contributed by atoms with Crippen molar-refractivity contribution in [2.45, 2.75) is 6.54 Å². The molecule has 1 rings (SSSR count). The minimum absolute atomic E-state index is 0.888. The average Bonchev–Trinajstić information content (AvgIpc) is 1.85. The maximum atomic E-state index is 4.29. The number of aromatic nitrogens is 1. The van der Waals surface area contributed by atoms with Gasteiger partial charge in [0.15, 0.2) is 0 Å². The molecule has 0 aliphatic heterocycles. The minimum atomic E-state index is 0.888. The van der Waals surface area contributed by atoms with Crippen molar-refractivity contribution in [1.82, 2.24) is 9.88 Å². The van der Waals surface area contributed by atoms with E-state index < -0.39 is 0 Å². The number of rotatable bonds is 2. The molecule has 0 aromatic carbocycles. The molecule has 11 heavy (non-hydrogen) atoms. The molecule has 1 aromatic heterocycles. The Morgan fingerprint density at radius 1 is 1.45 bits per heavy atom. The second-order valence-corrected chi connectivity index (χ2v) is 3.50. The molecule has 0 saturated heterocycles. The summed E-state index contributed by atoms with van der Waals surface area (Å²) in [5.74, 6) is 0. The van der Waals surface area contributed by atoms with Gasteiger partial charge in [-0.05, 0) is 42.2 Å². The molecule has 3 heteroatoms. The molecule has 1 heterocycles. The van der Waals surface area contributed by atoms with E-state index in [2.05, 4.69) is 25.8 Å². The second kappa shape index (κ2) is 3.83. The Bertz CT molecular complexity index is 235. The van der Waals surface area contributed by atoms with Gasteiger partial charge in [0.1, 0.15) is 4.60 Å². The van der Waals surface area contributed by atoms with Crippen LogP contribution < -0.4 is 0 Å². The quantitative estimate of drug-likeness (QED) is 0.700. The van der Waals surface area contributed by atoms with Gasteiger partial charge in [-0.1, -0.05) is 6.07 Å². The molecule has 0 aliphatic rings. The number of nitrogens with zero attached hydrogens (tertiary/aromatic N) is 2. The smallest absolute Gasteiger partial charge is 0.106 e. The SMILES string of the molecule is CN(C)Cc1cccc(Br)n1. The van der Waals surface area contributed by atoms with Crippen LogP contribution in [0.3, 0.4) is 0 Å². The van der Waals surface area contributed by atoms with Crippen LogP contribution in [0.4, 0.5) is 0 Å². The zero-order chi connectivity index (χ0) is 8.27. The molecule has 0 fully saturated rings. The molecule has 1 aromatic rings. The minimum Gasteiger partial charge on any atom is -0.304 e. The highest BCUT2D eigenvalue weighted by atomic mass is 79.9. The number of hydrogen-bond donors (Lipinski definition) is 0. The fraction of sp³-hybridized carbons (Fsp3) is 0.375. The highest BCUT2D eigenvalue weighted by Gasteiger charge is 1.95. The summed E-state index contributed by atoms with van der Waals surface area (Å²) in [4.78, 5) is 6.38. The maximum absolute atomic E-state index is 4.29. The molecule has 0 radical (unpaired) electrons. The third kappa shape index (κ3) is 2.99. The molecule has 0 atom stereocenters. The molecule has 0 N–H and O–H groups in total. The highest BCUT2D eigenvalue weighted by molar-refractivity contribution is 9.10. The van der Waals surface area contributed by atoms with Crippen LogP contribution in [0.25, 0.3) is 0 Å². The normalized spacial score (nSPS) is 10.5. The largest absolute Gasteiger partial charge is 0.304 e. The van der Waals surface area contributed by atoms with Gasteiger partial charge in [0.25, 0.3) is 0 Å². The van der Waals surface area contributed by atoms with E-state index >= 15 is 0 Å². The molecule has 0 unspecified atom stereocenters. The molecular formula is C8H11BrN2. The van der Waals surface area contributed by atoms with Crippen LogP contribution in [-0.2, 0) is 6.54 Å². The van der Waals surface area contributed by atoms with Crippen molar-refractivity contribution >= 4 is 15.9 Å². The molecule has 0 saturated carbocycles. The van der Waals surface area contributed by atoms with E-state index in [9.17, 15) is 0 Å². The predicted octanol–water partition coefficient (Wildman–Crippen LogP) is 1.91. The molecule has 60 valence electrons. The second-order valence-electron chi connectivity index (χ2n) is 2.69. The first-order chi connectivity index (χ1) is 5.18. The zero-order valence-corrected chi connectivity index (χ0v) is 8.30. The summed E-state index contributed by atoms with van der Waals surface area (Å²) in [5.41, 5.74) is 1.09. The van der Waals surface area contributed by atoms with Gasteiger partial charge in [-0.2, -0.15) is 0 Å². The van der Waals surface area contributed by atoms with Crippen LogP contribution in [0.15, 0.2) is 22.8 Å². The Hall–Kier alpha value is -0.410. The van der Waals surface area contributed by atoms with Gasteiger partial charge >= 0.3 is 0 Å². The summed E-state index contributed by atoms with van der Waals surface area (Å²) in [5, 5.41) is 0. The van der Waals surface area contributed by atoms with Gasteiger partial charge in [0.05, 0.1) is 5.69 Å². The summed E-state index contributed by atoms with van der Waals surface area (Å²) < 4.78 is 0.900. The first kappa shape index (κ1) is 8.68. The lowest BCUT2D eigenvalue weighted by Gasteiger charge is -2.07. The van der Waals surface area contributed by atoms with E-state index in [0.29, 0.717) is 0 Å². The third-order valence-electron chi connectivity index (χ3n) is 1.25. The van der Waals surface area contributed by atoms with Crippen LogP contribution in [-0.4, -0.2) is 24.0 Å². The Balaban J connectivity index is 2.71. The van der Waals surface area contributed by atoms with Crippen molar-refractivity contribution in [1.29, 1.82) is 0 Å². The number of hydrogen-bond acceptors (Lipinski definition) is 2. The standard InChI is InChI=1S/C8H11BrN2/c1-11(2)6-7-4-3-5-8(9)10-7/h3-5H,6H2,1-2H3. The summed E-state index contributed by atoms with van der Waals surface area (Å²) in [6.07, 6.45) is 0. The summed E-state index contributed by atoms with van der Waals surface area (Å²) in [7, 11) is 4.06. The Morgan fingerprint density at radius 3 is 2.73 bits per heavy atom. The van der Waals surface area contributed by atoms with E-state index in [1.165, 1.54) is 0 Å². The first-order valence-corrected chi connectivity index (χ1v) is 4.24. The van der Waals surface area contributed by atoms with Gasteiger partial charge in [-0.25, -0.2) is 4.98 Å². The Labute approximate surface area is 75.4 Å². The van der Waals surface area contributed by atoms with Gasteiger partial charge in [0.2, 0.25) is 0 Å². The van der Waals surface area contributed by atoms with Crippen molar-refractivity contribution in [3.05, 3.63) is 28.5 Å². The molecule has 2 nitrogen and oxygen atoms in total. The monoisotopic (exact) mass is 214 g/mol. The fourth-order valence-electron chi connectivity index (χ4n) is 0.862. The zero-order valence-electron chi connectivity index (χ0n) is 6.71. The lowest BCUT2D eigenvalue weighted by Crippen LogP contribution is -2.11. The van der Waals surface area contributed by atoms with Gasteiger partial charge < -0.3 is 4.90 Å². The molecule has 0 amide bonds. The van der Waals surface area contributed by atoms with Crippen molar-refractivity contribution < 1.29 is 0 Å². The topological polar surface area (TPSA) is 16.1 Å². The number of halogens is 1. The van der Waals surface area contributed by atoms with Crippen LogP contribution in [0.1, 0.15) is 5.69 Å². The van der Waals surface area contributed by atoms with Crippen molar-refractivity contribution in [2.24, 2.45) is 0 Å². The lowest BCUT2D eigenvalue weighted by molar-refractivity contribution is 0.396. The summed E-state index contributed by atoms with van der Waals surface area (Å²) in [6, 6.07) is 5.94. The van der Waals surface area contributed by atoms with Crippen LogP contribution in [0, 0.1) is 0 Å². The summed E-state index contributed by atoms with van der Waals surface area (Å²) >= 11 is 3.32. The molecule has 0 aliphatic carbocycles. The number of pyridine rings is 1. The van der Waals surface area contributed by atoms with Gasteiger partial charge in [-0.15, -0.1) is 0 Å². The lowest BCUT2D eigenvalue weighted by atomic mass is 10.3. The Morgan fingerprint density at radius 2 is 2.18 bits per heavy atom. The van der Waals surface area contributed by atoms with Gasteiger partial charge in [-0.3, -0.25) is 0 Å².